The molecule has 28 heavy (non-hydrogen) atoms. The van der Waals surface area contributed by atoms with Crippen LogP contribution in [0.4, 0.5) is 5.69 Å². The van der Waals surface area contributed by atoms with Crippen LogP contribution in [-0.4, -0.2) is 44.9 Å². The number of hydrogen-bond acceptors (Lipinski definition) is 3. The number of carbonyl (C=O) groups excluding carboxylic acids is 1. The van der Waals surface area contributed by atoms with Crippen molar-refractivity contribution < 1.29 is 24.1 Å². The van der Waals surface area contributed by atoms with Crippen LogP contribution in [0.25, 0.3) is 0 Å². The Kier molecular flexibility index (Phi) is 5.71. The second-order valence-corrected chi connectivity index (χ2v) is 7.93. The molecule has 1 amide bonds. The van der Waals surface area contributed by atoms with Gasteiger partial charge in [0, 0.05) is 16.3 Å². The number of ether oxygens (including phenoxy) is 2. The predicted octanol–water partition coefficient (Wildman–Crippen LogP) is 0.379. The van der Waals surface area contributed by atoms with Crippen LogP contribution in [0.3, 0.4) is 0 Å². The maximum atomic E-state index is 12.6. The molecule has 0 saturated carbocycles. The summed E-state index contributed by atoms with van der Waals surface area (Å²) in [6, 6.07) is 13.4. The van der Waals surface area contributed by atoms with E-state index in [-0.39, 0.29) is 11.9 Å². The van der Waals surface area contributed by atoms with Gasteiger partial charge in [-0.3, -0.25) is 4.79 Å². The van der Waals surface area contributed by atoms with Gasteiger partial charge < -0.3 is 24.6 Å². The Labute approximate surface area is 170 Å². The number of carbonyl (C=O) groups is 1. The number of anilines is 1. The van der Waals surface area contributed by atoms with Crippen molar-refractivity contribution in [2.75, 3.05) is 38.3 Å². The molecule has 0 bridgehead atoms. The lowest BCUT2D eigenvalue weighted by atomic mass is 10.1. The van der Waals surface area contributed by atoms with Gasteiger partial charge in [0.05, 0.1) is 0 Å². The van der Waals surface area contributed by atoms with Gasteiger partial charge in [-0.1, -0.05) is 17.7 Å². The normalized spacial score (nSPS) is 21.9. The van der Waals surface area contributed by atoms with E-state index >= 15 is 0 Å². The van der Waals surface area contributed by atoms with Gasteiger partial charge in [-0.2, -0.15) is 0 Å². The van der Waals surface area contributed by atoms with E-state index in [0.29, 0.717) is 11.8 Å². The number of benzene rings is 2. The smallest absolute Gasteiger partial charge is 0.282 e. The van der Waals surface area contributed by atoms with E-state index in [1.165, 1.54) is 15.4 Å². The minimum atomic E-state index is -0.0916. The zero-order valence-corrected chi connectivity index (χ0v) is 16.7. The Hall–Kier alpha value is -2.28. The quantitative estimate of drug-likeness (QED) is 0.676. The maximum absolute atomic E-state index is 12.6. The molecule has 0 unspecified atom stereocenters. The van der Waals surface area contributed by atoms with Crippen molar-refractivity contribution in [1.82, 2.24) is 0 Å². The Morgan fingerprint density at radius 2 is 1.89 bits per heavy atom. The summed E-state index contributed by atoms with van der Waals surface area (Å²) in [6.45, 7) is 7.30. The topological polar surface area (TPSA) is 56.4 Å². The molecule has 0 aromatic heterocycles. The summed E-state index contributed by atoms with van der Waals surface area (Å²) in [5, 5.41) is 3.60. The van der Waals surface area contributed by atoms with Gasteiger partial charge >= 0.3 is 0 Å². The number of rotatable bonds is 5. The molecule has 0 spiro atoms. The molecule has 1 saturated heterocycles. The minimum absolute atomic E-state index is 0.0384. The minimum Gasteiger partial charge on any atom is -0.454 e. The van der Waals surface area contributed by atoms with E-state index < -0.39 is 0 Å². The molecule has 2 heterocycles. The Morgan fingerprint density at radius 1 is 1.11 bits per heavy atom. The molecule has 2 aliphatic rings. The zero-order chi connectivity index (χ0) is 19.5. The van der Waals surface area contributed by atoms with Crippen molar-refractivity contribution in [2.24, 2.45) is 0 Å². The van der Waals surface area contributed by atoms with Gasteiger partial charge in [-0.25, -0.2) is 0 Å². The maximum Gasteiger partial charge on any atom is 0.282 e. The number of halogens is 1. The summed E-state index contributed by atoms with van der Waals surface area (Å²) < 4.78 is 10.8. The standard InChI is InChI=1S/C21H24ClN3O3/c1-15(21(26)23-18-4-2-3-17(22)12-18)25-9-7-24(8-10-25)13-16-5-6-19-20(11-16)28-14-27-19/h2-6,11-12,15H,7-10,13-14H2,1H3,(H,23,26)/p+2/t15-/m1/s1. The average Bonchev–Trinajstić information content (AvgIpc) is 3.16. The van der Waals surface area contributed by atoms with Crippen molar-refractivity contribution >= 4 is 23.2 Å². The van der Waals surface area contributed by atoms with E-state index in [4.69, 9.17) is 21.1 Å². The first-order valence-electron chi connectivity index (χ1n) is 9.71. The van der Waals surface area contributed by atoms with Crippen molar-refractivity contribution in [2.45, 2.75) is 19.5 Å². The molecule has 3 N–H and O–H groups in total. The summed E-state index contributed by atoms with van der Waals surface area (Å²) in [6.07, 6.45) is 0. The molecule has 7 heteroatoms. The lowest BCUT2D eigenvalue weighted by Crippen LogP contribution is -3.29. The first kappa shape index (κ1) is 19.1. The van der Waals surface area contributed by atoms with Gasteiger partial charge in [0.15, 0.2) is 17.5 Å². The van der Waals surface area contributed by atoms with Crippen LogP contribution in [0.2, 0.25) is 5.02 Å². The van der Waals surface area contributed by atoms with Crippen molar-refractivity contribution in [3.8, 4) is 11.5 Å². The molecular formula is C21H26ClN3O3+2. The highest BCUT2D eigenvalue weighted by Crippen LogP contribution is 2.32. The van der Waals surface area contributed by atoms with Crippen LogP contribution < -0.4 is 24.6 Å². The first-order valence-corrected chi connectivity index (χ1v) is 10.1. The fourth-order valence-corrected chi connectivity index (χ4v) is 4.07. The van der Waals surface area contributed by atoms with Crippen LogP contribution in [-0.2, 0) is 11.3 Å². The third-order valence-corrected chi connectivity index (χ3v) is 5.82. The SMILES string of the molecule is C[C@H](C(=O)Nc1cccc(Cl)c1)[NH+]1CC[NH+](Cc2ccc3c(c2)OCO3)CC1. The van der Waals surface area contributed by atoms with E-state index in [9.17, 15) is 4.79 Å². The van der Waals surface area contributed by atoms with Crippen LogP contribution in [0, 0.1) is 0 Å². The number of quaternary nitrogens is 2. The first-order chi connectivity index (χ1) is 13.6. The monoisotopic (exact) mass is 403 g/mol. The Bertz CT molecular complexity index is 853. The third kappa shape index (κ3) is 4.41. The summed E-state index contributed by atoms with van der Waals surface area (Å²) in [4.78, 5) is 15.5. The number of amides is 1. The van der Waals surface area contributed by atoms with Crippen molar-refractivity contribution in [1.29, 1.82) is 0 Å². The number of piperazine rings is 1. The largest absolute Gasteiger partial charge is 0.454 e. The Morgan fingerprint density at radius 3 is 2.68 bits per heavy atom. The molecule has 148 valence electrons. The molecule has 1 fully saturated rings. The molecule has 6 nitrogen and oxygen atoms in total. The number of nitrogens with one attached hydrogen (secondary N) is 3. The average molecular weight is 404 g/mol. The summed E-state index contributed by atoms with van der Waals surface area (Å²) >= 11 is 6.00. The van der Waals surface area contributed by atoms with Crippen LogP contribution in [0.1, 0.15) is 12.5 Å². The lowest BCUT2D eigenvalue weighted by Gasteiger charge is -2.32. The molecule has 4 rings (SSSR count). The van der Waals surface area contributed by atoms with Gasteiger partial charge in [0.2, 0.25) is 6.79 Å². The molecule has 2 aromatic carbocycles. The van der Waals surface area contributed by atoms with Gasteiger partial charge in [-0.05, 0) is 43.3 Å². The second kappa shape index (κ2) is 8.39. The molecule has 2 aromatic rings. The molecular weight excluding hydrogens is 378 g/mol. The van der Waals surface area contributed by atoms with Crippen molar-refractivity contribution in [3.63, 3.8) is 0 Å². The predicted molar refractivity (Wildman–Crippen MR) is 107 cm³/mol. The zero-order valence-electron chi connectivity index (χ0n) is 16.0. The van der Waals surface area contributed by atoms with E-state index in [1.807, 2.05) is 25.1 Å². The molecule has 2 aliphatic heterocycles. The van der Waals surface area contributed by atoms with Crippen LogP contribution in [0.5, 0.6) is 11.5 Å². The van der Waals surface area contributed by atoms with E-state index in [0.717, 1.165) is 49.9 Å². The summed E-state index contributed by atoms with van der Waals surface area (Å²) in [7, 11) is 0. The van der Waals surface area contributed by atoms with E-state index in [2.05, 4.69) is 17.4 Å². The fourth-order valence-electron chi connectivity index (χ4n) is 3.88. The molecule has 0 radical (unpaired) electrons. The highest BCUT2D eigenvalue weighted by molar-refractivity contribution is 6.30. The van der Waals surface area contributed by atoms with Crippen LogP contribution in [0.15, 0.2) is 42.5 Å². The third-order valence-electron chi connectivity index (χ3n) is 5.59. The van der Waals surface area contributed by atoms with Gasteiger partial charge in [-0.15, -0.1) is 0 Å². The van der Waals surface area contributed by atoms with Gasteiger partial charge in [0.1, 0.15) is 32.7 Å². The number of hydrogen-bond donors (Lipinski definition) is 3. The second-order valence-electron chi connectivity index (χ2n) is 7.49. The highest BCUT2D eigenvalue weighted by atomic mass is 35.5. The van der Waals surface area contributed by atoms with E-state index in [1.54, 1.807) is 12.1 Å². The van der Waals surface area contributed by atoms with Crippen LogP contribution >= 0.6 is 11.6 Å². The fraction of sp³-hybridized carbons (Fsp3) is 0.381. The lowest BCUT2D eigenvalue weighted by molar-refractivity contribution is -1.02. The summed E-state index contributed by atoms with van der Waals surface area (Å²) in [5.74, 6) is 1.71. The molecule has 0 aliphatic carbocycles. The number of fused-ring (bicyclic) bond motifs is 1. The Balaban J connectivity index is 1.28. The van der Waals surface area contributed by atoms with Crippen molar-refractivity contribution in [3.05, 3.63) is 53.1 Å². The van der Waals surface area contributed by atoms with Gasteiger partial charge in [0.25, 0.3) is 5.91 Å². The summed E-state index contributed by atoms with van der Waals surface area (Å²) in [5.41, 5.74) is 2.00. The highest BCUT2D eigenvalue weighted by Gasteiger charge is 2.31. The molecule has 1 atom stereocenters.